The molecule has 104 valence electrons. The molecule has 0 aliphatic carbocycles. The molecule has 4 N–H and O–H groups in total. The van der Waals surface area contributed by atoms with Crippen molar-refractivity contribution in [2.75, 3.05) is 5.73 Å². The first-order chi connectivity index (χ1) is 8.62. The number of benzene rings is 1. The van der Waals surface area contributed by atoms with Gasteiger partial charge in [0.1, 0.15) is 6.04 Å². The summed E-state index contributed by atoms with van der Waals surface area (Å²) in [5, 5.41) is 11.7. The lowest BCUT2D eigenvalue weighted by atomic mass is 9.86. The molecule has 1 rings (SSSR count). The van der Waals surface area contributed by atoms with E-state index in [4.69, 9.17) is 10.8 Å². The summed E-state index contributed by atoms with van der Waals surface area (Å²) in [6.45, 7) is 5.26. The summed E-state index contributed by atoms with van der Waals surface area (Å²) in [6.07, 6.45) is 0. The van der Waals surface area contributed by atoms with E-state index in [1.165, 1.54) is 0 Å². The second-order valence-electron chi connectivity index (χ2n) is 5.35. The van der Waals surface area contributed by atoms with E-state index in [1.54, 1.807) is 39.0 Å². The van der Waals surface area contributed by atoms with Crippen LogP contribution in [0.2, 0.25) is 0 Å². The first kappa shape index (κ1) is 15.5. The van der Waals surface area contributed by atoms with Crippen LogP contribution in [-0.4, -0.2) is 23.0 Å². The molecular weight excluding hydrogens is 312 g/mol. The Hall–Kier alpha value is -1.56. The van der Waals surface area contributed by atoms with E-state index in [0.29, 0.717) is 15.7 Å². The number of nitrogen functional groups attached to an aromatic ring is 1. The van der Waals surface area contributed by atoms with Crippen LogP contribution in [0, 0.1) is 5.41 Å². The van der Waals surface area contributed by atoms with Gasteiger partial charge >= 0.3 is 5.97 Å². The normalized spacial score (nSPS) is 12.8. The summed E-state index contributed by atoms with van der Waals surface area (Å²) >= 11 is 3.23. The minimum atomic E-state index is -1.06. The smallest absolute Gasteiger partial charge is 0.326 e. The lowest BCUT2D eigenvalue weighted by molar-refractivity contribution is -0.142. The number of carbonyl (C=O) groups excluding carboxylic acids is 1. The highest BCUT2D eigenvalue weighted by Crippen LogP contribution is 2.22. The molecule has 5 nitrogen and oxygen atoms in total. The van der Waals surface area contributed by atoms with Gasteiger partial charge in [-0.2, -0.15) is 0 Å². The molecule has 0 spiro atoms. The molecular formula is C13H17BrN2O3. The summed E-state index contributed by atoms with van der Waals surface area (Å²) in [7, 11) is 0. The number of hydrogen-bond acceptors (Lipinski definition) is 3. The minimum Gasteiger partial charge on any atom is -0.480 e. The molecule has 0 heterocycles. The van der Waals surface area contributed by atoms with Gasteiger partial charge in [-0.1, -0.05) is 20.8 Å². The number of carboxylic acid groups (broad SMARTS) is 1. The quantitative estimate of drug-likeness (QED) is 0.742. The van der Waals surface area contributed by atoms with E-state index in [2.05, 4.69) is 21.2 Å². The topological polar surface area (TPSA) is 92.4 Å². The van der Waals surface area contributed by atoms with Crippen molar-refractivity contribution >= 4 is 33.5 Å². The van der Waals surface area contributed by atoms with Gasteiger partial charge in [0.05, 0.1) is 0 Å². The van der Waals surface area contributed by atoms with Crippen LogP contribution in [0.1, 0.15) is 31.1 Å². The monoisotopic (exact) mass is 328 g/mol. The molecule has 0 aliphatic heterocycles. The van der Waals surface area contributed by atoms with Crippen molar-refractivity contribution < 1.29 is 14.7 Å². The SMILES string of the molecule is CC(C)(C)[C@@H](NC(=O)c1ccc(N)c(Br)c1)C(=O)O. The maximum absolute atomic E-state index is 12.0. The van der Waals surface area contributed by atoms with Crippen LogP contribution in [0.4, 0.5) is 5.69 Å². The largest absolute Gasteiger partial charge is 0.480 e. The third kappa shape index (κ3) is 3.96. The fraction of sp³-hybridized carbons (Fsp3) is 0.385. The predicted molar refractivity (Wildman–Crippen MR) is 76.9 cm³/mol. The first-order valence-corrected chi connectivity index (χ1v) is 6.51. The molecule has 1 aromatic rings. The lowest BCUT2D eigenvalue weighted by Crippen LogP contribution is -2.49. The second kappa shape index (κ2) is 5.61. The average molecular weight is 329 g/mol. The summed E-state index contributed by atoms with van der Waals surface area (Å²) in [6, 6.07) is 3.74. The first-order valence-electron chi connectivity index (χ1n) is 5.71. The standard InChI is InChI=1S/C13H17BrN2O3/c1-13(2,3)10(12(18)19)16-11(17)7-4-5-9(15)8(14)6-7/h4-6,10H,15H2,1-3H3,(H,16,17)(H,18,19)/t10-/m0/s1. The highest BCUT2D eigenvalue weighted by molar-refractivity contribution is 9.10. The van der Waals surface area contributed by atoms with Crippen LogP contribution < -0.4 is 11.1 Å². The number of nitrogens with one attached hydrogen (secondary N) is 1. The highest BCUT2D eigenvalue weighted by Gasteiger charge is 2.32. The Morgan fingerprint density at radius 3 is 2.37 bits per heavy atom. The number of hydrogen-bond donors (Lipinski definition) is 3. The number of nitrogens with two attached hydrogens (primary N) is 1. The Morgan fingerprint density at radius 2 is 1.95 bits per heavy atom. The third-order valence-corrected chi connectivity index (χ3v) is 3.34. The maximum Gasteiger partial charge on any atom is 0.326 e. The van der Waals surface area contributed by atoms with Gasteiger partial charge in [-0.3, -0.25) is 4.79 Å². The van der Waals surface area contributed by atoms with Gasteiger partial charge in [0.15, 0.2) is 0 Å². The van der Waals surface area contributed by atoms with Crippen LogP contribution in [0.25, 0.3) is 0 Å². The van der Waals surface area contributed by atoms with Gasteiger partial charge in [0.25, 0.3) is 5.91 Å². The Bertz CT molecular complexity index is 509. The summed E-state index contributed by atoms with van der Waals surface area (Å²) in [5.74, 6) is -1.50. The number of anilines is 1. The number of amides is 1. The zero-order chi connectivity index (χ0) is 14.8. The number of carboxylic acids is 1. The average Bonchev–Trinajstić information content (AvgIpc) is 2.27. The van der Waals surface area contributed by atoms with Gasteiger partial charge in [0, 0.05) is 15.7 Å². The molecule has 0 saturated carbocycles. The van der Waals surface area contributed by atoms with Crippen LogP contribution in [0.15, 0.2) is 22.7 Å². The van der Waals surface area contributed by atoms with Gasteiger partial charge in [-0.15, -0.1) is 0 Å². The van der Waals surface area contributed by atoms with Crippen molar-refractivity contribution in [3.63, 3.8) is 0 Å². The Labute approximate surface area is 120 Å². The van der Waals surface area contributed by atoms with E-state index in [-0.39, 0.29) is 0 Å². The zero-order valence-electron chi connectivity index (χ0n) is 11.0. The van der Waals surface area contributed by atoms with Crippen LogP contribution in [0.5, 0.6) is 0 Å². The Kier molecular flexibility index (Phi) is 4.57. The van der Waals surface area contributed by atoms with Crippen molar-refractivity contribution in [1.82, 2.24) is 5.32 Å². The maximum atomic E-state index is 12.0. The van der Waals surface area contributed by atoms with E-state index in [1.807, 2.05) is 0 Å². The fourth-order valence-corrected chi connectivity index (χ4v) is 1.91. The van der Waals surface area contributed by atoms with E-state index in [9.17, 15) is 9.59 Å². The van der Waals surface area contributed by atoms with Crippen molar-refractivity contribution in [3.8, 4) is 0 Å². The van der Waals surface area contributed by atoms with Gasteiger partial charge in [-0.25, -0.2) is 4.79 Å². The molecule has 0 saturated heterocycles. The van der Waals surface area contributed by atoms with Crippen molar-refractivity contribution in [1.29, 1.82) is 0 Å². The van der Waals surface area contributed by atoms with Crippen molar-refractivity contribution in [2.45, 2.75) is 26.8 Å². The molecule has 0 aliphatic rings. The van der Waals surface area contributed by atoms with E-state index >= 15 is 0 Å². The summed E-state index contributed by atoms with van der Waals surface area (Å²) in [4.78, 5) is 23.2. The molecule has 0 radical (unpaired) electrons. The van der Waals surface area contributed by atoms with E-state index in [0.717, 1.165) is 0 Å². The summed E-state index contributed by atoms with van der Waals surface area (Å²) in [5.41, 5.74) is 5.93. The van der Waals surface area contributed by atoms with Gasteiger partial charge < -0.3 is 16.2 Å². The molecule has 1 atom stereocenters. The molecule has 0 aromatic heterocycles. The predicted octanol–water partition coefficient (Wildman–Crippen LogP) is 2.26. The molecule has 1 aromatic carbocycles. The molecule has 0 bridgehead atoms. The van der Waals surface area contributed by atoms with Crippen LogP contribution in [0.3, 0.4) is 0 Å². The molecule has 0 fully saturated rings. The van der Waals surface area contributed by atoms with Crippen LogP contribution in [-0.2, 0) is 4.79 Å². The van der Waals surface area contributed by atoms with Crippen molar-refractivity contribution in [2.24, 2.45) is 5.41 Å². The molecule has 1 amide bonds. The summed E-state index contributed by atoms with van der Waals surface area (Å²) < 4.78 is 0.600. The zero-order valence-corrected chi connectivity index (χ0v) is 12.6. The second-order valence-corrected chi connectivity index (χ2v) is 6.20. The van der Waals surface area contributed by atoms with E-state index < -0.39 is 23.3 Å². The Morgan fingerprint density at radius 1 is 1.37 bits per heavy atom. The molecule has 6 heteroatoms. The molecule has 19 heavy (non-hydrogen) atoms. The fourth-order valence-electron chi connectivity index (χ4n) is 1.53. The third-order valence-electron chi connectivity index (χ3n) is 2.65. The van der Waals surface area contributed by atoms with Crippen molar-refractivity contribution in [3.05, 3.63) is 28.2 Å². The van der Waals surface area contributed by atoms with Crippen LogP contribution >= 0.6 is 15.9 Å². The lowest BCUT2D eigenvalue weighted by Gasteiger charge is -2.27. The number of carbonyl (C=O) groups is 2. The molecule has 0 unspecified atom stereocenters. The minimum absolute atomic E-state index is 0.358. The van der Waals surface area contributed by atoms with Gasteiger partial charge in [0.2, 0.25) is 0 Å². The van der Waals surface area contributed by atoms with Gasteiger partial charge in [-0.05, 0) is 39.5 Å². The number of halogens is 1. The Balaban J connectivity index is 2.94. The number of rotatable bonds is 3. The highest BCUT2D eigenvalue weighted by atomic mass is 79.9. The number of aliphatic carboxylic acids is 1.